The van der Waals surface area contributed by atoms with E-state index in [4.69, 9.17) is 5.26 Å². The van der Waals surface area contributed by atoms with E-state index in [1.165, 1.54) is 18.2 Å². The van der Waals surface area contributed by atoms with Crippen LogP contribution in [0.15, 0.2) is 42.5 Å². The van der Waals surface area contributed by atoms with Crippen LogP contribution in [0.3, 0.4) is 0 Å². The average Bonchev–Trinajstić information content (AvgIpc) is 2.46. The smallest absolute Gasteiger partial charge is 0.129 e. The lowest BCUT2D eigenvalue weighted by Gasteiger charge is -2.06. The van der Waals surface area contributed by atoms with Gasteiger partial charge < -0.3 is 5.32 Å². The number of hydrogen-bond donors (Lipinski definition) is 1. The van der Waals surface area contributed by atoms with E-state index in [2.05, 4.69) is 5.32 Å². The highest BCUT2D eigenvalue weighted by Gasteiger charge is 2.03. The Labute approximate surface area is 116 Å². The summed E-state index contributed by atoms with van der Waals surface area (Å²) in [5, 5.41) is 11.8. The normalized spacial score (nSPS) is 10.2. The predicted octanol–water partition coefficient (Wildman–Crippen LogP) is 3.17. The van der Waals surface area contributed by atoms with Crippen LogP contribution in [0.4, 0.5) is 8.78 Å². The molecule has 20 heavy (non-hydrogen) atoms. The van der Waals surface area contributed by atoms with Crippen LogP contribution in [-0.2, 0) is 13.0 Å². The van der Waals surface area contributed by atoms with E-state index in [0.717, 1.165) is 12.0 Å². The second-order valence-corrected chi connectivity index (χ2v) is 4.47. The van der Waals surface area contributed by atoms with E-state index in [0.29, 0.717) is 24.2 Å². The third kappa shape index (κ3) is 3.87. The molecule has 0 aromatic heterocycles. The maximum atomic E-state index is 13.6. The van der Waals surface area contributed by atoms with Crippen molar-refractivity contribution in [1.29, 1.82) is 5.26 Å². The van der Waals surface area contributed by atoms with Crippen molar-refractivity contribution < 1.29 is 8.78 Å². The molecule has 0 aliphatic heterocycles. The molecule has 0 heterocycles. The van der Waals surface area contributed by atoms with E-state index >= 15 is 0 Å². The fourth-order valence-electron chi connectivity index (χ4n) is 1.87. The van der Waals surface area contributed by atoms with E-state index in [1.807, 2.05) is 6.07 Å². The Bertz CT molecular complexity index is 615. The molecule has 2 aromatic carbocycles. The zero-order chi connectivity index (χ0) is 14.4. The topological polar surface area (TPSA) is 35.8 Å². The van der Waals surface area contributed by atoms with E-state index in [9.17, 15) is 8.78 Å². The summed E-state index contributed by atoms with van der Waals surface area (Å²) in [7, 11) is 0. The summed E-state index contributed by atoms with van der Waals surface area (Å²) in [6.45, 7) is 1.07. The minimum atomic E-state index is -0.377. The first-order valence-electron chi connectivity index (χ1n) is 6.33. The van der Waals surface area contributed by atoms with Gasteiger partial charge in [0.15, 0.2) is 0 Å². The number of halogens is 2. The molecule has 0 fully saturated rings. The van der Waals surface area contributed by atoms with Gasteiger partial charge in [0.05, 0.1) is 11.6 Å². The summed E-state index contributed by atoms with van der Waals surface area (Å²) in [6.07, 6.45) is 0.748. The standard InChI is InChI=1S/C16H14F2N2/c17-15-5-2-12(3-6-15)7-8-20-11-14-4-1-13(10-19)9-16(14)18/h1-6,9,20H,7-8,11H2. The van der Waals surface area contributed by atoms with Crippen molar-refractivity contribution in [3.05, 3.63) is 70.8 Å². The zero-order valence-electron chi connectivity index (χ0n) is 10.9. The van der Waals surface area contributed by atoms with Crippen LogP contribution in [-0.4, -0.2) is 6.54 Å². The molecule has 0 unspecified atom stereocenters. The van der Waals surface area contributed by atoms with Gasteiger partial charge in [-0.25, -0.2) is 8.78 Å². The first-order valence-corrected chi connectivity index (χ1v) is 6.33. The maximum Gasteiger partial charge on any atom is 0.129 e. The van der Waals surface area contributed by atoms with Crippen molar-refractivity contribution in [2.24, 2.45) is 0 Å². The Morgan fingerprint density at radius 2 is 1.80 bits per heavy atom. The molecule has 0 saturated heterocycles. The Morgan fingerprint density at radius 3 is 2.45 bits per heavy atom. The van der Waals surface area contributed by atoms with Crippen molar-refractivity contribution in [2.45, 2.75) is 13.0 Å². The molecular formula is C16H14F2N2. The van der Waals surface area contributed by atoms with Crippen LogP contribution in [0.2, 0.25) is 0 Å². The van der Waals surface area contributed by atoms with E-state index in [1.54, 1.807) is 24.3 Å². The van der Waals surface area contributed by atoms with Gasteiger partial charge in [0.2, 0.25) is 0 Å². The molecule has 0 spiro atoms. The highest BCUT2D eigenvalue weighted by molar-refractivity contribution is 5.32. The monoisotopic (exact) mass is 272 g/mol. The molecular weight excluding hydrogens is 258 g/mol. The fourth-order valence-corrected chi connectivity index (χ4v) is 1.87. The van der Waals surface area contributed by atoms with Gasteiger partial charge in [-0.15, -0.1) is 0 Å². The molecule has 0 aliphatic carbocycles. The molecule has 1 N–H and O–H groups in total. The quantitative estimate of drug-likeness (QED) is 0.849. The average molecular weight is 272 g/mol. The third-order valence-corrected chi connectivity index (χ3v) is 3.00. The van der Waals surface area contributed by atoms with Gasteiger partial charge in [0, 0.05) is 12.1 Å². The molecule has 0 saturated carbocycles. The molecule has 102 valence electrons. The van der Waals surface area contributed by atoms with Crippen LogP contribution in [0, 0.1) is 23.0 Å². The lowest BCUT2D eigenvalue weighted by Crippen LogP contribution is -2.17. The summed E-state index contributed by atoms with van der Waals surface area (Å²) in [6, 6.07) is 12.7. The molecule has 2 nitrogen and oxygen atoms in total. The summed E-state index contributed by atoms with van der Waals surface area (Å²) >= 11 is 0. The van der Waals surface area contributed by atoms with Crippen LogP contribution in [0.5, 0.6) is 0 Å². The van der Waals surface area contributed by atoms with Crippen molar-refractivity contribution in [3.63, 3.8) is 0 Å². The zero-order valence-corrected chi connectivity index (χ0v) is 10.9. The Balaban J connectivity index is 1.81. The van der Waals surface area contributed by atoms with Crippen molar-refractivity contribution in [1.82, 2.24) is 5.32 Å². The molecule has 0 radical (unpaired) electrons. The Kier molecular flexibility index (Phi) is 4.80. The third-order valence-electron chi connectivity index (χ3n) is 3.00. The second kappa shape index (κ2) is 6.78. The van der Waals surface area contributed by atoms with Gasteiger partial charge in [-0.05, 0) is 42.8 Å². The van der Waals surface area contributed by atoms with Gasteiger partial charge >= 0.3 is 0 Å². The number of nitrogens with zero attached hydrogens (tertiary/aromatic N) is 1. The molecule has 2 rings (SSSR count). The molecule has 4 heteroatoms. The molecule has 0 aliphatic rings. The van der Waals surface area contributed by atoms with Gasteiger partial charge in [0.25, 0.3) is 0 Å². The highest BCUT2D eigenvalue weighted by Crippen LogP contribution is 2.09. The van der Waals surface area contributed by atoms with Crippen molar-refractivity contribution in [2.75, 3.05) is 6.54 Å². The summed E-state index contributed by atoms with van der Waals surface area (Å²) < 4.78 is 26.3. The van der Waals surface area contributed by atoms with Crippen molar-refractivity contribution in [3.8, 4) is 6.07 Å². The Morgan fingerprint density at radius 1 is 1.05 bits per heavy atom. The Hall–Kier alpha value is -2.25. The summed E-state index contributed by atoms with van der Waals surface area (Å²) in [5.74, 6) is -0.625. The summed E-state index contributed by atoms with van der Waals surface area (Å²) in [5.41, 5.74) is 1.87. The molecule has 0 amide bonds. The lowest BCUT2D eigenvalue weighted by atomic mass is 10.1. The lowest BCUT2D eigenvalue weighted by molar-refractivity contribution is 0.587. The first-order chi connectivity index (χ1) is 9.69. The molecule has 0 bridgehead atoms. The van der Waals surface area contributed by atoms with Gasteiger partial charge in [-0.2, -0.15) is 5.26 Å². The second-order valence-electron chi connectivity index (χ2n) is 4.47. The summed E-state index contributed by atoms with van der Waals surface area (Å²) in [4.78, 5) is 0. The van der Waals surface area contributed by atoms with Crippen LogP contribution < -0.4 is 5.32 Å². The minimum absolute atomic E-state index is 0.249. The number of hydrogen-bond acceptors (Lipinski definition) is 2. The van der Waals surface area contributed by atoms with Crippen LogP contribution in [0.1, 0.15) is 16.7 Å². The van der Waals surface area contributed by atoms with Crippen molar-refractivity contribution >= 4 is 0 Å². The van der Waals surface area contributed by atoms with Crippen LogP contribution >= 0.6 is 0 Å². The minimum Gasteiger partial charge on any atom is -0.312 e. The molecule has 2 aromatic rings. The van der Waals surface area contributed by atoms with Gasteiger partial charge in [0.1, 0.15) is 11.6 Å². The van der Waals surface area contributed by atoms with Gasteiger partial charge in [-0.3, -0.25) is 0 Å². The first kappa shape index (κ1) is 14.2. The van der Waals surface area contributed by atoms with Crippen LogP contribution in [0.25, 0.3) is 0 Å². The predicted molar refractivity (Wildman–Crippen MR) is 72.9 cm³/mol. The SMILES string of the molecule is N#Cc1ccc(CNCCc2ccc(F)cc2)c(F)c1. The van der Waals surface area contributed by atoms with Gasteiger partial charge in [-0.1, -0.05) is 18.2 Å². The number of rotatable bonds is 5. The number of nitriles is 1. The maximum absolute atomic E-state index is 13.6. The highest BCUT2D eigenvalue weighted by atomic mass is 19.1. The fraction of sp³-hybridized carbons (Fsp3) is 0.188. The largest absolute Gasteiger partial charge is 0.312 e. The van der Waals surface area contributed by atoms with E-state index < -0.39 is 0 Å². The number of nitrogens with one attached hydrogen (secondary N) is 1. The molecule has 0 atom stereocenters. The van der Waals surface area contributed by atoms with E-state index in [-0.39, 0.29) is 11.6 Å². The number of benzene rings is 2.